The highest BCUT2D eigenvalue weighted by atomic mass is 79.9. The zero-order valence-corrected chi connectivity index (χ0v) is 12.6. The third-order valence-electron chi connectivity index (χ3n) is 3.15. The summed E-state index contributed by atoms with van der Waals surface area (Å²) in [6.45, 7) is 0. The van der Waals surface area contributed by atoms with Crippen molar-refractivity contribution in [3.63, 3.8) is 0 Å². The van der Waals surface area contributed by atoms with Gasteiger partial charge in [-0.25, -0.2) is 0 Å². The van der Waals surface area contributed by atoms with Crippen LogP contribution in [0.25, 0.3) is 11.4 Å². The molecule has 2 aromatic rings. The summed E-state index contributed by atoms with van der Waals surface area (Å²) in [6, 6.07) is 4.86. The van der Waals surface area contributed by atoms with Crippen LogP contribution in [0.15, 0.2) is 18.2 Å². The largest absolute Gasteiger partial charge is 0.307 e. The predicted octanol–water partition coefficient (Wildman–Crippen LogP) is 3.74. The second-order valence-electron chi connectivity index (χ2n) is 4.63. The van der Waals surface area contributed by atoms with E-state index in [2.05, 4.69) is 26.1 Å². The number of alkyl halides is 1. The van der Waals surface area contributed by atoms with Crippen molar-refractivity contribution < 1.29 is 4.92 Å². The lowest BCUT2D eigenvalue weighted by atomic mass is 10.2. The Balaban J connectivity index is 2.13. The van der Waals surface area contributed by atoms with Gasteiger partial charge in [-0.1, -0.05) is 27.5 Å². The molecule has 0 bridgehead atoms. The molecule has 0 radical (unpaired) electrons. The molecule has 104 valence electrons. The fourth-order valence-electron chi connectivity index (χ4n) is 2.14. The van der Waals surface area contributed by atoms with Gasteiger partial charge in [-0.15, -0.1) is 10.2 Å². The van der Waals surface area contributed by atoms with Gasteiger partial charge in [0.05, 0.1) is 10.3 Å². The topological polar surface area (TPSA) is 73.8 Å². The van der Waals surface area contributed by atoms with Crippen LogP contribution in [0.4, 0.5) is 5.69 Å². The molecule has 1 aliphatic rings. The SMILES string of the molecule is O=[N+]([O-])c1cc(Cl)cc(-c2nnc(CBr)n2C2CC2)c1. The van der Waals surface area contributed by atoms with Crippen molar-refractivity contribution in [1.82, 2.24) is 14.8 Å². The molecule has 8 heteroatoms. The molecule has 0 spiro atoms. The number of aromatic nitrogens is 3. The molecule has 1 saturated carbocycles. The molecular weight excluding hydrogens is 348 g/mol. The molecule has 1 aliphatic carbocycles. The first-order chi connectivity index (χ1) is 9.60. The number of nitrogens with zero attached hydrogens (tertiary/aromatic N) is 4. The molecule has 20 heavy (non-hydrogen) atoms. The van der Waals surface area contributed by atoms with Crippen LogP contribution in [-0.4, -0.2) is 19.7 Å². The summed E-state index contributed by atoms with van der Waals surface area (Å²) in [4.78, 5) is 10.5. The first-order valence-electron chi connectivity index (χ1n) is 6.05. The van der Waals surface area contributed by atoms with Crippen molar-refractivity contribution >= 4 is 33.2 Å². The summed E-state index contributed by atoms with van der Waals surface area (Å²) in [5.41, 5.74) is 0.578. The van der Waals surface area contributed by atoms with Crippen molar-refractivity contribution in [2.24, 2.45) is 0 Å². The highest BCUT2D eigenvalue weighted by molar-refractivity contribution is 9.08. The van der Waals surface area contributed by atoms with Crippen LogP contribution in [-0.2, 0) is 5.33 Å². The van der Waals surface area contributed by atoms with Gasteiger partial charge in [-0.2, -0.15) is 0 Å². The van der Waals surface area contributed by atoms with Gasteiger partial charge in [0.1, 0.15) is 5.82 Å². The summed E-state index contributed by atoms with van der Waals surface area (Å²) >= 11 is 9.35. The van der Waals surface area contributed by atoms with Crippen LogP contribution in [0, 0.1) is 10.1 Å². The van der Waals surface area contributed by atoms with Crippen LogP contribution in [0.5, 0.6) is 0 Å². The zero-order valence-electron chi connectivity index (χ0n) is 10.3. The Labute approximate surface area is 128 Å². The highest BCUT2D eigenvalue weighted by Crippen LogP contribution is 2.40. The van der Waals surface area contributed by atoms with Crippen molar-refractivity contribution in [1.29, 1.82) is 0 Å². The summed E-state index contributed by atoms with van der Waals surface area (Å²) in [6.07, 6.45) is 2.15. The number of nitro groups is 1. The van der Waals surface area contributed by atoms with E-state index in [9.17, 15) is 10.1 Å². The molecule has 0 saturated heterocycles. The second kappa shape index (κ2) is 5.14. The molecule has 1 aromatic heterocycles. The van der Waals surface area contributed by atoms with Crippen molar-refractivity contribution in [2.75, 3.05) is 0 Å². The van der Waals surface area contributed by atoms with Crippen molar-refractivity contribution in [2.45, 2.75) is 24.2 Å². The summed E-state index contributed by atoms with van der Waals surface area (Å²) in [5.74, 6) is 1.46. The van der Waals surface area contributed by atoms with E-state index in [1.54, 1.807) is 6.07 Å². The molecule has 1 fully saturated rings. The van der Waals surface area contributed by atoms with E-state index >= 15 is 0 Å². The lowest BCUT2D eigenvalue weighted by molar-refractivity contribution is -0.384. The minimum absolute atomic E-state index is 0.0433. The number of hydrogen-bond acceptors (Lipinski definition) is 4. The maximum atomic E-state index is 10.9. The molecular formula is C12H10BrClN4O2. The lowest BCUT2D eigenvalue weighted by Gasteiger charge is -2.08. The Bertz CT molecular complexity index is 684. The number of hydrogen-bond donors (Lipinski definition) is 0. The molecule has 0 amide bonds. The average molecular weight is 358 g/mol. The Morgan fingerprint density at radius 1 is 1.40 bits per heavy atom. The molecule has 0 atom stereocenters. The van der Waals surface area contributed by atoms with Crippen molar-refractivity contribution in [3.05, 3.63) is 39.2 Å². The van der Waals surface area contributed by atoms with Gasteiger partial charge in [0.25, 0.3) is 5.69 Å². The molecule has 0 N–H and O–H groups in total. The smallest absolute Gasteiger partial charge is 0.271 e. The maximum Gasteiger partial charge on any atom is 0.271 e. The van der Waals surface area contributed by atoms with Crippen LogP contribution >= 0.6 is 27.5 Å². The van der Waals surface area contributed by atoms with Crippen LogP contribution in [0.2, 0.25) is 5.02 Å². The number of halogens is 2. The molecule has 6 nitrogen and oxygen atoms in total. The molecule has 1 aromatic carbocycles. The van der Waals surface area contributed by atoms with Crippen LogP contribution < -0.4 is 0 Å². The first kappa shape index (κ1) is 13.5. The minimum Gasteiger partial charge on any atom is -0.307 e. The van der Waals surface area contributed by atoms with E-state index in [1.165, 1.54) is 12.1 Å². The fourth-order valence-corrected chi connectivity index (χ4v) is 2.75. The first-order valence-corrected chi connectivity index (χ1v) is 7.55. The van der Waals surface area contributed by atoms with Gasteiger partial charge < -0.3 is 4.57 Å². The number of rotatable bonds is 4. The molecule has 1 heterocycles. The average Bonchev–Trinajstić information content (AvgIpc) is 3.16. The van der Waals surface area contributed by atoms with E-state index in [1.807, 2.05) is 4.57 Å². The summed E-state index contributed by atoms with van der Waals surface area (Å²) in [5, 5.41) is 20.1. The zero-order chi connectivity index (χ0) is 14.3. The Morgan fingerprint density at radius 2 is 2.15 bits per heavy atom. The quantitative estimate of drug-likeness (QED) is 0.474. The van der Waals surface area contributed by atoms with Crippen LogP contribution in [0.1, 0.15) is 24.7 Å². The van der Waals surface area contributed by atoms with E-state index in [-0.39, 0.29) is 5.69 Å². The van der Waals surface area contributed by atoms with E-state index < -0.39 is 4.92 Å². The molecule has 3 rings (SSSR count). The summed E-state index contributed by atoms with van der Waals surface area (Å²) in [7, 11) is 0. The van der Waals surface area contributed by atoms with Crippen LogP contribution in [0.3, 0.4) is 0 Å². The van der Waals surface area contributed by atoms with Gasteiger partial charge in [0, 0.05) is 28.8 Å². The van der Waals surface area contributed by atoms with Gasteiger partial charge >= 0.3 is 0 Å². The van der Waals surface area contributed by atoms with E-state index in [0.29, 0.717) is 27.8 Å². The maximum absolute atomic E-state index is 10.9. The van der Waals surface area contributed by atoms with Gasteiger partial charge in [-0.05, 0) is 18.9 Å². The molecule has 0 unspecified atom stereocenters. The monoisotopic (exact) mass is 356 g/mol. The standard InChI is InChI=1S/C12H10BrClN4O2/c13-6-11-15-16-12(17(11)9-1-2-9)7-3-8(14)5-10(4-7)18(19)20/h3-5,9H,1-2,6H2. The number of benzene rings is 1. The minimum atomic E-state index is -0.460. The Morgan fingerprint density at radius 3 is 2.75 bits per heavy atom. The van der Waals surface area contributed by atoms with Gasteiger partial charge in [0.15, 0.2) is 5.82 Å². The highest BCUT2D eigenvalue weighted by Gasteiger charge is 2.30. The normalized spacial score (nSPS) is 14.5. The number of nitro benzene ring substituents is 1. The van der Waals surface area contributed by atoms with E-state index in [4.69, 9.17) is 11.6 Å². The third-order valence-corrected chi connectivity index (χ3v) is 3.87. The third kappa shape index (κ3) is 2.43. The Hall–Kier alpha value is -1.47. The van der Waals surface area contributed by atoms with Gasteiger partial charge in [-0.3, -0.25) is 10.1 Å². The second-order valence-corrected chi connectivity index (χ2v) is 5.63. The predicted molar refractivity (Wildman–Crippen MR) is 78.0 cm³/mol. The number of non-ortho nitro benzene ring substituents is 1. The van der Waals surface area contributed by atoms with Crippen molar-refractivity contribution in [3.8, 4) is 11.4 Å². The lowest BCUT2D eigenvalue weighted by Crippen LogP contribution is -2.02. The fraction of sp³-hybridized carbons (Fsp3) is 0.333. The molecule has 0 aliphatic heterocycles. The van der Waals surface area contributed by atoms with E-state index in [0.717, 1.165) is 18.7 Å². The Kier molecular flexibility index (Phi) is 3.47. The summed E-state index contributed by atoms with van der Waals surface area (Å²) < 4.78 is 2.03. The van der Waals surface area contributed by atoms with Gasteiger partial charge in [0.2, 0.25) is 0 Å².